The van der Waals surface area contributed by atoms with Crippen LogP contribution in [-0.4, -0.2) is 18.9 Å². The number of furan rings is 1. The first-order chi connectivity index (χ1) is 10.4. The average Bonchev–Trinajstić information content (AvgIpc) is 2.83. The van der Waals surface area contributed by atoms with E-state index < -0.39 is 11.8 Å². The lowest BCUT2D eigenvalue weighted by molar-refractivity contribution is 0.0845. The number of carbonyl (C=O) groups is 2. The molecule has 116 valence electrons. The summed E-state index contributed by atoms with van der Waals surface area (Å²) >= 11 is 3.28. The van der Waals surface area contributed by atoms with Gasteiger partial charge in [-0.05, 0) is 54.0 Å². The normalized spacial score (nSPS) is 10.2. The Balaban J connectivity index is 2.07. The number of ether oxygens (including phenoxy) is 1. The highest BCUT2D eigenvalue weighted by atomic mass is 79.9. The first kappa shape index (κ1) is 16.1. The second-order valence-electron chi connectivity index (χ2n) is 4.58. The minimum atomic E-state index is -0.461. The van der Waals surface area contributed by atoms with Crippen LogP contribution in [-0.2, 0) is 0 Å². The minimum absolute atomic E-state index is 0.347. The molecule has 7 heteroatoms. The first-order valence-electron chi connectivity index (χ1n) is 6.43. The van der Waals surface area contributed by atoms with Gasteiger partial charge in [-0.2, -0.15) is 0 Å². The highest BCUT2D eigenvalue weighted by Crippen LogP contribution is 2.22. The predicted molar refractivity (Wildman–Crippen MR) is 83.8 cm³/mol. The lowest BCUT2D eigenvalue weighted by Gasteiger charge is -2.09. The van der Waals surface area contributed by atoms with Crippen molar-refractivity contribution in [2.24, 2.45) is 0 Å². The van der Waals surface area contributed by atoms with Crippen LogP contribution in [0.25, 0.3) is 0 Å². The van der Waals surface area contributed by atoms with Gasteiger partial charge in [0.1, 0.15) is 17.3 Å². The molecular formula is C15H15BrN2O4. The molecule has 6 nitrogen and oxygen atoms in total. The Hall–Kier alpha value is -2.28. The molecule has 1 aromatic heterocycles. The molecule has 0 bridgehead atoms. The van der Waals surface area contributed by atoms with E-state index in [4.69, 9.17) is 9.15 Å². The molecule has 0 fully saturated rings. The second-order valence-corrected chi connectivity index (χ2v) is 5.44. The first-order valence-corrected chi connectivity index (χ1v) is 7.23. The third-order valence-electron chi connectivity index (χ3n) is 2.99. The Morgan fingerprint density at radius 2 is 1.73 bits per heavy atom. The summed E-state index contributed by atoms with van der Waals surface area (Å²) in [6.45, 7) is 3.43. The zero-order valence-electron chi connectivity index (χ0n) is 12.3. The molecule has 2 amide bonds. The number of nitrogens with one attached hydrogen (secondary N) is 2. The highest BCUT2D eigenvalue weighted by molar-refractivity contribution is 9.10. The molecule has 0 aliphatic carbocycles. The summed E-state index contributed by atoms with van der Waals surface area (Å²) in [5.74, 6) is 0.760. The minimum Gasteiger partial charge on any atom is -0.497 e. The molecule has 2 rings (SSSR count). The van der Waals surface area contributed by atoms with Gasteiger partial charge in [-0.15, -0.1) is 0 Å². The fourth-order valence-corrected chi connectivity index (χ4v) is 2.34. The summed E-state index contributed by atoms with van der Waals surface area (Å²) in [6.07, 6.45) is 0. The standard InChI is InChI=1S/C15H15BrN2O4/c1-8-6-11(9(2)22-8)14(19)17-18-15(20)12-7-10(21-3)4-5-13(12)16/h4-7H,1-3H3,(H,17,19)(H,18,20). The van der Waals surface area contributed by atoms with Crippen LogP contribution in [0, 0.1) is 13.8 Å². The number of benzene rings is 1. The number of amides is 2. The Labute approximate surface area is 135 Å². The van der Waals surface area contributed by atoms with Crippen LogP contribution in [0.3, 0.4) is 0 Å². The maximum absolute atomic E-state index is 12.1. The summed E-state index contributed by atoms with van der Waals surface area (Å²) < 4.78 is 10.9. The van der Waals surface area contributed by atoms with Crippen molar-refractivity contribution in [2.75, 3.05) is 7.11 Å². The third kappa shape index (κ3) is 3.48. The summed E-state index contributed by atoms with van der Waals surface area (Å²) in [5.41, 5.74) is 5.44. The molecule has 0 saturated heterocycles. The highest BCUT2D eigenvalue weighted by Gasteiger charge is 2.16. The van der Waals surface area contributed by atoms with Crippen molar-refractivity contribution in [3.05, 3.63) is 51.4 Å². The van der Waals surface area contributed by atoms with Gasteiger partial charge in [0.25, 0.3) is 11.8 Å². The lowest BCUT2D eigenvalue weighted by Crippen LogP contribution is -2.41. The Morgan fingerprint density at radius 3 is 2.27 bits per heavy atom. The van der Waals surface area contributed by atoms with Crippen LogP contribution in [0.1, 0.15) is 32.2 Å². The summed E-state index contributed by atoms with van der Waals surface area (Å²) in [5, 5.41) is 0. The van der Waals surface area contributed by atoms with Crippen LogP contribution < -0.4 is 15.6 Å². The number of hydrogen-bond acceptors (Lipinski definition) is 4. The van der Waals surface area contributed by atoms with Gasteiger partial charge in [-0.3, -0.25) is 20.4 Å². The van der Waals surface area contributed by atoms with Crippen molar-refractivity contribution in [1.29, 1.82) is 0 Å². The van der Waals surface area contributed by atoms with Gasteiger partial charge >= 0.3 is 0 Å². The fraction of sp³-hybridized carbons (Fsp3) is 0.200. The largest absolute Gasteiger partial charge is 0.497 e. The van der Waals surface area contributed by atoms with E-state index in [0.29, 0.717) is 32.9 Å². The van der Waals surface area contributed by atoms with Crippen molar-refractivity contribution in [3.8, 4) is 5.75 Å². The molecule has 2 N–H and O–H groups in total. The van der Waals surface area contributed by atoms with Crippen molar-refractivity contribution in [1.82, 2.24) is 10.9 Å². The van der Waals surface area contributed by atoms with E-state index in [-0.39, 0.29) is 0 Å². The topological polar surface area (TPSA) is 80.6 Å². The maximum atomic E-state index is 12.1. The molecule has 0 saturated carbocycles. The van der Waals surface area contributed by atoms with Gasteiger partial charge in [0, 0.05) is 4.47 Å². The van der Waals surface area contributed by atoms with Crippen LogP contribution >= 0.6 is 15.9 Å². The quantitative estimate of drug-likeness (QED) is 0.818. The molecule has 0 spiro atoms. The van der Waals surface area contributed by atoms with Gasteiger partial charge in [-0.25, -0.2) is 0 Å². The SMILES string of the molecule is COc1ccc(Br)c(C(=O)NNC(=O)c2cc(C)oc2C)c1. The summed E-state index contributed by atoms with van der Waals surface area (Å²) in [7, 11) is 1.51. The van der Waals surface area contributed by atoms with E-state index in [2.05, 4.69) is 26.8 Å². The number of hydrogen-bond donors (Lipinski definition) is 2. The van der Waals surface area contributed by atoms with Crippen molar-refractivity contribution in [2.45, 2.75) is 13.8 Å². The number of hydrazine groups is 1. The van der Waals surface area contributed by atoms with Crippen LogP contribution in [0.2, 0.25) is 0 Å². The molecule has 1 heterocycles. The molecule has 2 aromatic rings. The molecule has 0 atom stereocenters. The third-order valence-corrected chi connectivity index (χ3v) is 3.68. The average molecular weight is 367 g/mol. The van der Waals surface area contributed by atoms with Crippen molar-refractivity contribution in [3.63, 3.8) is 0 Å². The second kappa shape index (κ2) is 6.65. The molecule has 0 radical (unpaired) electrons. The van der Waals surface area contributed by atoms with E-state index in [1.807, 2.05) is 0 Å². The monoisotopic (exact) mass is 366 g/mol. The molecule has 0 aliphatic heterocycles. The Kier molecular flexibility index (Phi) is 4.87. The number of aryl methyl sites for hydroxylation is 2. The lowest BCUT2D eigenvalue weighted by atomic mass is 10.2. The zero-order chi connectivity index (χ0) is 16.3. The zero-order valence-corrected chi connectivity index (χ0v) is 13.9. The maximum Gasteiger partial charge on any atom is 0.273 e. The molecule has 22 heavy (non-hydrogen) atoms. The molecule has 0 unspecified atom stereocenters. The number of rotatable bonds is 3. The molecular weight excluding hydrogens is 352 g/mol. The van der Waals surface area contributed by atoms with E-state index >= 15 is 0 Å². The van der Waals surface area contributed by atoms with E-state index in [1.54, 1.807) is 38.1 Å². The van der Waals surface area contributed by atoms with E-state index in [9.17, 15) is 9.59 Å². The number of halogens is 1. The smallest absolute Gasteiger partial charge is 0.273 e. The Morgan fingerprint density at radius 1 is 1.09 bits per heavy atom. The molecule has 1 aromatic carbocycles. The van der Waals surface area contributed by atoms with Crippen LogP contribution in [0.5, 0.6) is 5.75 Å². The molecule has 0 aliphatic rings. The van der Waals surface area contributed by atoms with Gasteiger partial charge < -0.3 is 9.15 Å². The van der Waals surface area contributed by atoms with Crippen molar-refractivity contribution >= 4 is 27.7 Å². The predicted octanol–water partition coefficient (Wildman–Crippen LogP) is 2.74. The van der Waals surface area contributed by atoms with E-state index in [0.717, 1.165) is 0 Å². The summed E-state index contributed by atoms with van der Waals surface area (Å²) in [6, 6.07) is 6.59. The number of carbonyl (C=O) groups excluding carboxylic acids is 2. The fourth-order valence-electron chi connectivity index (χ4n) is 1.91. The van der Waals surface area contributed by atoms with E-state index in [1.165, 1.54) is 7.11 Å². The van der Waals surface area contributed by atoms with Gasteiger partial charge in [0.2, 0.25) is 0 Å². The van der Waals surface area contributed by atoms with Gasteiger partial charge in [-0.1, -0.05) is 0 Å². The van der Waals surface area contributed by atoms with Crippen molar-refractivity contribution < 1.29 is 18.7 Å². The summed E-state index contributed by atoms with van der Waals surface area (Å²) in [4.78, 5) is 24.1. The van der Waals surface area contributed by atoms with Crippen LogP contribution in [0.15, 0.2) is 33.2 Å². The Bertz CT molecular complexity index is 724. The van der Waals surface area contributed by atoms with Gasteiger partial charge in [0.05, 0.1) is 18.2 Å². The van der Waals surface area contributed by atoms with Crippen LogP contribution in [0.4, 0.5) is 0 Å². The number of methoxy groups -OCH3 is 1. The van der Waals surface area contributed by atoms with Gasteiger partial charge in [0.15, 0.2) is 0 Å².